The van der Waals surface area contributed by atoms with Crippen molar-refractivity contribution in [1.29, 1.82) is 0 Å². The molecule has 1 atom stereocenters. The van der Waals surface area contributed by atoms with Crippen LogP contribution < -0.4 is 18.9 Å². The van der Waals surface area contributed by atoms with Crippen LogP contribution in [-0.2, 0) is 14.2 Å². The summed E-state index contributed by atoms with van der Waals surface area (Å²) in [6.45, 7) is -0.736. The molecule has 0 N–H and O–H groups in total. The predicted octanol–water partition coefficient (Wildman–Crippen LogP) is 3.96. The van der Waals surface area contributed by atoms with Gasteiger partial charge in [0.2, 0.25) is 0 Å². The predicted molar refractivity (Wildman–Crippen MR) is 135 cm³/mol. The fraction of sp³-hybridized carbons (Fsp3) is 0.250. The third-order valence-corrected chi connectivity index (χ3v) is 5.32. The summed E-state index contributed by atoms with van der Waals surface area (Å²) in [7, 11) is 5.83. The fourth-order valence-electron chi connectivity index (χ4n) is 3.34. The Morgan fingerprint density at radius 3 is 1.47 bits per heavy atom. The van der Waals surface area contributed by atoms with E-state index in [4.69, 9.17) is 33.2 Å². The minimum absolute atomic E-state index is 0.160. The SMILES string of the molecule is COc1ccc(C(=O)OCC(COC(=O)c2ccccc2)OC(=O)c2ccc(OC)c(OC)c2)cc1OC. The van der Waals surface area contributed by atoms with E-state index in [1.54, 1.807) is 42.5 Å². The highest BCUT2D eigenvalue weighted by Gasteiger charge is 2.23. The van der Waals surface area contributed by atoms with Crippen LogP contribution in [0.3, 0.4) is 0 Å². The van der Waals surface area contributed by atoms with Gasteiger partial charge >= 0.3 is 17.9 Å². The summed E-state index contributed by atoms with van der Waals surface area (Å²) in [5, 5.41) is 0. The zero-order valence-electron chi connectivity index (χ0n) is 21.4. The standard InChI is InChI=1S/C28H28O10/c1-32-22-12-10-19(14-24(22)34-3)27(30)37-17-21(16-36-26(29)18-8-6-5-7-9-18)38-28(31)20-11-13-23(33-2)25(15-20)35-4/h5-15,21H,16-17H2,1-4H3. The van der Waals surface area contributed by atoms with Crippen molar-refractivity contribution < 1.29 is 47.5 Å². The third kappa shape index (κ3) is 7.16. The second-order valence-electron chi connectivity index (χ2n) is 7.73. The van der Waals surface area contributed by atoms with E-state index in [1.807, 2.05) is 0 Å². The monoisotopic (exact) mass is 524 g/mol. The summed E-state index contributed by atoms with van der Waals surface area (Å²) in [6.07, 6.45) is -1.10. The van der Waals surface area contributed by atoms with Gasteiger partial charge in [-0.05, 0) is 48.5 Å². The molecule has 200 valence electrons. The van der Waals surface area contributed by atoms with Gasteiger partial charge in [0.15, 0.2) is 29.1 Å². The van der Waals surface area contributed by atoms with Crippen LogP contribution in [0.2, 0.25) is 0 Å². The van der Waals surface area contributed by atoms with Crippen molar-refractivity contribution in [3.8, 4) is 23.0 Å². The Balaban J connectivity index is 1.73. The van der Waals surface area contributed by atoms with E-state index in [0.29, 0.717) is 28.6 Å². The van der Waals surface area contributed by atoms with Crippen molar-refractivity contribution in [2.24, 2.45) is 0 Å². The van der Waals surface area contributed by atoms with Crippen molar-refractivity contribution in [3.63, 3.8) is 0 Å². The maximum atomic E-state index is 12.9. The number of hydrogen-bond acceptors (Lipinski definition) is 10. The number of carbonyl (C=O) groups excluding carboxylic acids is 3. The quantitative estimate of drug-likeness (QED) is 0.255. The lowest BCUT2D eigenvalue weighted by molar-refractivity contribution is -0.0254. The minimum atomic E-state index is -1.10. The molecule has 0 saturated heterocycles. The summed E-state index contributed by atoms with van der Waals surface area (Å²) in [4.78, 5) is 38.0. The molecule has 0 aliphatic heterocycles. The van der Waals surface area contributed by atoms with E-state index in [-0.39, 0.29) is 24.3 Å². The maximum absolute atomic E-state index is 12.9. The van der Waals surface area contributed by atoms with Crippen LogP contribution in [0.25, 0.3) is 0 Å². The lowest BCUT2D eigenvalue weighted by Gasteiger charge is -2.19. The van der Waals surface area contributed by atoms with Gasteiger partial charge in [-0.2, -0.15) is 0 Å². The Hall–Kier alpha value is -4.73. The van der Waals surface area contributed by atoms with E-state index in [0.717, 1.165) is 0 Å². The second-order valence-corrected chi connectivity index (χ2v) is 7.73. The Morgan fingerprint density at radius 2 is 1.00 bits per heavy atom. The zero-order chi connectivity index (χ0) is 27.5. The first-order chi connectivity index (χ1) is 18.4. The highest BCUT2D eigenvalue weighted by atomic mass is 16.6. The lowest BCUT2D eigenvalue weighted by Crippen LogP contribution is -2.31. The molecule has 0 bridgehead atoms. The molecule has 3 aromatic rings. The van der Waals surface area contributed by atoms with Crippen molar-refractivity contribution >= 4 is 17.9 Å². The van der Waals surface area contributed by atoms with Crippen LogP contribution in [0, 0.1) is 0 Å². The molecule has 3 aromatic carbocycles. The van der Waals surface area contributed by atoms with Crippen molar-refractivity contribution in [3.05, 3.63) is 83.4 Å². The number of ether oxygens (including phenoxy) is 7. The summed E-state index contributed by atoms with van der Waals surface area (Å²) in [6, 6.07) is 17.3. The van der Waals surface area contributed by atoms with Gasteiger partial charge in [-0.15, -0.1) is 0 Å². The molecule has 0 saturated carbocycles. The highest BCUT2D eigenvalue weighted by Crippen LogP contribution is 2.29. The van der Waals surface area contributed by atoms with Crippen LogP contribution in [0.15, 0.2) is 66.7 Å². The average Bonchev–Trinajstić information content (AvgIpc) is 2.97. The molecule has 1 unspecified atom stereocenters. The molecule has 38 heavy (non-hydrogen) atoms. The Kier molecular flexibility index (Phi) is 9.93. The number of methoxy groups -OCH3 is 4. The number of esters is 3. The largest absolute Gasteiger partial charge is 0.493 e. The lowest BCUT2D eigenvalue weighted by atomic mass is 10.2. The van der Waals surface area contributed by atoms with Gasteiger partial charge in [0.05, 0.1) is 45.1 Å². The molecular weight excluding hydrogens is 496 g/mol. The van der Waals surface area contributed by atoms with E-state index in [1.165, 1.54) is 52.7 Å². The van der Waals surface area contributed by atoms with Crippen molar-refractivity contribution in [2.45, 2.75) is 6.10 Å². The molecule has 0 spiro atoms. The van der Waals surface area contributed by atoms with Crippen molar-refractivity contribution in [2.75, 3.05) is 41.7 Å². The van der Waals surface area contributed by atoms with Gasteiger partial charge in [0.25, 0.3) is 0 Å². The Labute approximate surface area is 219 Å². The summed E-state index contributed by atoms with van der Waals surface area (Å²) in [5.74, 6) is -0.519. The van der Waals surface area contributed by atoms with E-state index in [9.17, 15) is 14.4 Å². The van der Waals surface area contributed by atoms with Gasteiger partial charge in [-0.3, -0.25) is 0 Å². The van der Waals surface area contributed by atoms with Gasteiger partial charge in [-0.1, -0.05) is 18.2 Å². The zero-order valence-corrected chi connectivity index (χ0v) is 21.4. The summed E-state index contributed by atoms with van der Waals surface area (Å²) < 4.78 is 37.0. The van der Waals surface area contributed by atoms with Gasteiger partial charge in [-0.25, -0.2) is 14.4 Å². The summed E-state index contributed by atoms with van der Waals surface area (Å²) in [5.41, 5.74) is 0.668. The third-order valence-electron chi connectivity index (χ3n) is 5.32. The van der Waals surface area contributed by atoms with Gasteiger partial charge in [0.1, 0.15) is 13.2 Å². The molecule has 0 radical (unpaired) electrons. The number of carbonyl (C=O) groups is 3. The topological polar surface area (TPSA) is 116 Å². The van der Waals surface area contributed by atoms with Gasteiger partial charge < -0.3 is 33.2 Å². The highest BCUT2D eigenvalue weighted by molar-refractivity contribution is 5.91. The number of rotatable bonds is 12. The molecule has 0 aromatic heterocycles. The first-order valence-corrected chi connectivity index (χ1v) is 11.4. The van der Waals surface area contributed by atoms with Gasteiger partial charge in [0, 0.05) is 0 Å². The molecule has 0 aliphatic carbocycles. The molecule has 0 amide bonds. The Bertz CT molecular complexity index is 1260. The smallest absolute Gasteiger partial charge is 0.338 e. The van der Waals surface area contributed by atoms with E-state index >= 15 is 0 Å². The van der Waals surface area contributed by atoms with Crippen LogP contribution in [-0.4, -0.2) is 65.7 Å². The number of benzene rings is 3. The Morgan fingerprint density at radius 1 is 0.553 bits per heavy atom. The molecule has 0 aliphatic rings. The normalized spacial score (nSPS) is 11.1. The fourth-order valence-corrected chi connectivity index (χ4v) is 3.34. The average molecular weight is 525 g/mol. The van der Waals surface area contributed by atoms with Crippen LogP contribution in [0.1, 0.15) is 31.1 Å². The van der Waals surface area contributed by atoms with Crippen LogP contribution in [0.5, 0.6) is 23.0 Å². The number of hydrogen-bond donors (Lipinski definition) is 0. The molecular formula is C28H28O10. The first kappa shape index (κ1) is 27.9. The van der Waals surface area contributed by atoms with E-state index < -0.39 is 24.0 Å². The maximum Gasteiger partial charge on any atom is 0.338 e. The molecule has 0 heterocycles. The first-order valence-electron chi connectivity index (χ1n) is 11.4. The van der Waals surface area contributed by atoms with Crippen LogP contribution in [0.4, 0.5) is 0 Å². The molecule has 10 nitrogen and oxygen atoms in total. The van der Waals surface area contributed by atoms with Crippen LogP contribution >= 0.6 is 0 Å². The second kappa shape index (κ2) is 13.5. The minimum Gasteiger partial charge on any atom is -0.493 e. The van der Waals surface area contributed by atoms with E-state index in [2.05, 4.69) is 0 Å². The summed E-state index contributed by atoms with van der Waals surface area (Å²) >= 11 is 0. The molecule has 10 heteroatoms. The molecule has 3 rings (SSSR count). The van der Waals surface area contributed by atoms with Crippen molar-refractivity contribution in [1.82, 2.24) is 0 Å². The molecule has 0 fully saturated rings.